The van der Waals surface area contributed by atoms with Gasteiger partial charge in [-0.3, -0.25) is 0 Å². The SMILES string of the molecule is CC1SCCC1CN. The monoisotopic (exact) mass is 131 g/mol. The Morgan fingerprint density at radius 3 is 2.75 bits per heavy atom. The Bertz CT molecular complexity index is 74.9. The fraction of sp³-hybridized carbons (Fsp3) is 1.00. The first-order valence-corrected chi connectivity index (χ1v) is 4.21. The van der Waals surface area contributed by atoms with Gasteiger partial charge in [0, 0.05) is 5.25 Å². The quantitative estimate of drug-likeness (QED) is 0.576. The van der Waals surface area contributed by atoms with Crippen LogP contribution in [0.3, 0.4) is 0 Å². The summed E-state index contributed by atoms with van der Waals surface area (Å²) >= 11 is 2.05. The Labute approximate surface area is 55.0 Å². The first kappa shape index (κ1) is 6.43. The molecule has 48 valence electrons. The van der Waals surface area contributed by atoms with E-state index in [1.807, 2.05) is 11.8 Å². The lowest BCUT2D eigenvalue weighted by molar-refractivity contribution is 0.545. The van der Waals surface area contributed by atoms with Crippen molar-refractivity contribution in [3.05, 3.63) is 0 Å². The Morgan fingerprint density at radius 1 is 1.75 bits per heavy atom. The van der Waals surface area contributed by atoms with Crippen molar-refractivity contribution in [1.29, 1.82) is 0 Å². The summed E-state index contributed by atoms with van der Waals surface area (Å²) in [6.45, 7) is 3.16. The van der Waals surface area contributed by atoms with Crippen molar-refractivity contribution in [3.63, 3.8) is 0 Å². The van der Waals surface area contributed by atoms with Crippen LogP contribution < -0.4 is 5.73 Å². The van der Waals surface area contributed by atoms with E-state index in [9.17, 15) is 0 Å². The van der Waals surface area contributed by atoms with Gasteiger partial charge in [0.2, 0.25) is 0 Å². The third-order valence-corrected chi connectivity index (χ3v) is 3.22. The molecule has 1 heterocycles. The molecule has 0 radical (unpaired) electrons. The molecule has 0 bridgehead atoms. The highest BCUT2D eigenvalue weighted by atomic mass is 32.2. The molecule has 0 saturated carbocycles. The van der Waals surface area contributed by atoms with Crippen LogP contribution in [0.1, 0.15) is 13.3 Å². The Balaban J connectivity index is 2.30. The number of hydrogen-bond donors (Lipinski definition) is 1. The van der Waals surface area contributed by atoms with E-state index >= 15 is 0 Å². The molecule has 2 unspecified atom stereocenters. The van der Waals surface area contributed by atoms with Crippen LogP contribution in [0.4, 0.5) is 0 Å². The predicted molar refractivity (Wildman–Crippen MR) is 39.1 cm³/mol. The molecule has 0 aliphatic carbocycles. The van der Waals surface area contributed by atoms with Crippen LogP contribution in [0.25, 0.3) is 0 Å². The van der Waals surface area contributed by atoms with Gasteiger partial charge in [0.1, 0.15) is 0 Å². The first-order valence-electron chi connectivity index (χ1n) is 3.16. The van der Waals surface area contributed by atoms with Crippen molar-refractivity contribution in [2.75, 3.05) is 12.3 Å². The van der Waals surface area contributed by atoms with Gasteiger partial charge in [0.25, 0.3) is 0 Å². The van der Waals surface area contributed by atoms with E-state index in [0.717, 1.165) is 17.7 Å². The normalized spacial score (nSPS) is 38.2. The van der Waals surface area contributed by atoms with E-state index < -0.39 is 0 Å². The predicted octanol–water partition coefficient (Wildman–Crippen LogP) is 1.09. The zero-order valence-corrected chi connectivity index (χ0v) is 6.08. The lowest BCUT2D eigenvalue weighted by Gasteiger charge is -2.09. The number of hydrogen-bond acceptors (Lipinski definition) is 2. The van der Waals surface area contributed by atoms with Gasteiger partial charge in [-0.05, 0) is 24.6 Å². The van der Waals surface area contributed by atoms with E-state index in [1.54, 1.807) is 0 Å². The highest BCUT2D eigenvalue weighted by Crippen LogP contribution is 2.30. The summed E-state index contributed by atoms with van der Waals surface area (Å²) in [5.74, 6) is 2.13. The van der Waals surface area contributed by atoms with Crippen molar-refractivity contribution < 1.29 is 0 Å². The van der Waals surface area contributed by atoms with Gasteiger partial charge in [0.05, 0.1) is 0 Å². The standard InChI is InChI=1S/C6H13NS/c1-5-6(4-7)2-3-8-5/h5-6H,2-4,7H2,1H3. The highest BCUT2D eigenvalue weighted by Gasteiger charge is 2.21. The maximum Gasteiger partial charge on any atom is 0.00593 e. The molecule has 0 amide bonds. The molecule has 2 heteroatoms. The zero-order valence-electron chi connectivity index (χ0n) is 5.26. The summed E-state index contributed by atoms with van der Waals surface area (Å²) in [5, 5.41) is 0.819. The van der Waals surface area contributed by atoms with Gasteiger partial charge >= 0.3 is 0 Å². The van der Waals surface area contributed by atoms with Crippen LogP contribution in [0.5, 0.6) is 0 Å². The summed E-state index contributed by atoms with van der Waals surface area (Å²) in [5.41, 5.74) is 5.51. The number of rotatable bonds is 1. The molecule has 2 N–H and O–H groups in total. The molecule has 2 atom stereocenters. The molecule has 1 saturated heterocycles. The second-order valence-corrected chi connectivity index (χ2v) is 3.85. The lowest BCUT2D eigenvalue weighted by Crippen LogP contribution is -2.18. The second-order valence-electron chi connectivity index (χ2n) is 2.36. The lowest BCUT2D eigenvalue weighted by atomic mass is 10.0. The van der Waals surface area contributed by atoms with Gasteiger partial charge in [-0.2, -0.15) is 11.8 Å². The fourth-order valence-corrected chi connectivity index (χ4v) is 2.42. The summed E-state index contributed by atoms with van der Waals surface area (Å²) in [6, 6.07) is 0. The van der Waals surface area contributed by atoms with Gasteiger partial charge in [-0.1, -0.05) is 6.92 Å². The van der Waals surface area contributed by atoms with Crippen LogP contribution in [0, 0.1) is 5.92 Å². The van der Waals surface area contributed by atoms with Crippen LogP contribution in [-0.2, 0) is 0 Å². The van der Waals surface area contributed by atoms with Crippen molar-refractivity contribution in [3.8, 4) is 0 Å². The maximum absolute atomic E-state index is 5.51. The molecular weight excluding hydrogens is 118 g/mol. The molecule has 0 spiro atoms. The van der Waals surface area contributed by atoms with Crippen molar-refractivity contribution >= 4 is 11.8 Å². The van der Waals surface area contributed by atoms with E-state index in [4.69, 9.17) is 5.73 Å². The first-order chi connectivity index (χ1) is 3.84. The Hall–Kier alpha value is 0.310. The third-order valence-electron chi connectivity index (χ3n) is 1.84. The van der Waals surface area contributed by atoms with Crippen molar-refractivity contribution in [2.45, 2.75) is 18.6 Å². The molecule has 1 aliphatic rings. The molecule has 8 heavy (non-hydrogen) atoms. The van der Waals surface area contributed by atoms with E-state index in [0.29, 0.717) is 0 Å². The molecular formula is C6H13NS. The van der Waals surface area contributed by atoms with Crippen LogP contribution in [0.2, 0.25) is 0 Å². The van der Waals surface area contributed by atoms with E-state index in [2.05, 4.69) is 6.92 Å². The van der Waals surface area contributed by atoms with Gasteiger partial charge < -0.3 is 5.73 Å². The largest absolute Gasteiger partial charge is 0.330 e. The molecule has 0 aromatic heterocycles. The number of thioether (sulfide) groups is 1. The molecule has 0 aromatic rings. The minimum atomic E-state index is 0.806. The molecule has 1 fully saturated rings. The van der Waals surface area contributed by atoms with Crippen LogP contribution in [-0.4, -0.2) is 17.5 Å². The highest BCUT2D eigenvalue weighted by molar-refractivity contribution is 8.00. The topological polar surface area (TPSA) is 26.0 Å². The summed E-state index contributed by atoms with van der Waals surface area (Å²) < 4.78 is 0. The second kappa shape index (κ2) is 2.74. The average Bonchev–Trinajstić information content (AvgIpc) is 2.14. The van der Waals surface area contributed by atoms with Gasteiger partial charge in [-0.15, -0.1) is 0 Å². The summed E-state index contributed by atoms with van der Waals surface area (Å²) in [6.07, 6.45) is 1.34. The average molecular weight is 131 g/mol. The van der Waals surface area contributed by atoms with Gasteiger partial charge in [-0.25, -0.2) is 0 Å². The minimum Gasteiger partial charge on any atom is -0.330 e. The van der Waals surface area contributed by atoms with E-state index in [-0.39, 0.29) is 0 Å². The number of nitrogens with two attached hydrogens (primary N) is 1. The Morgan fingerprint density at radius 2 is 2.50 bits per heavy atom. The minimum absolute atomic E-state index is 0.806. The molecule has 1 aliphatic heterocycles. The zero-order chi connectivity index (χ0) is 5.98. The van der Waals surface area contributed by atoms with Crippen LogP contribution in [0.15, 0.2) is 0 Å². The van der Waals surface area contributed by atoms with Gasteiger partial charge in [0.15, 0.2) is 0 Å². The van der Waals surface area contributed by atoms with Crippen molar-refractivity contribution in [2.24, 2.45) is 11.7 Å². The van der Waals surface area contributed by atoms with Crippen molar-refractivity contribution in [1.82, 2.24) is 0 Å². The summed E-state index contributed by atoms with van der Waals surface area (Å²) in [4.78, 5) is 0. The Kier molecular flexibility index (Phi) is 2.20. The van der Waals surface area contributed by atoms with E-state index in [1.165, 1.54) is 12.2 Å². The smallest absolute Gasteiger partial charge is 0.00593 e. The maximum atomic E-state index is 5.51. The van der Waals surface area contributed by atoms with Crippen LogP contribution >= 0.6 is 11.8 Å². The summed E-state index contributed by atoms with van der Waals surface area (Å²) in [7, 11) is 0. The third kappa shape index (κ3) is 1.17. The molecule has 1 rings (SSSR count). The fourth-order valence-electron chi connectivity index (χ4n) is 1.09. The molecule has 1 nitrogen and oxygen atoms in total. The molecule has 0 aromatic carbocycles.